The van der Waals surface area contributed by atoms with E-state index in [4.69, 9.17) is 9.41 Å². The molecule has 1 saturated heterocycles. The molecule has 0 aliphatic carbocycles. The number of aryl methyl sites for hydroxylation is 1. The third-order valence-corrected chi connectivity index (χ3v) is 5.13. The quantitative estimate of drug-likeness (QED) is 0.483. The molecule has 1 fully saturated rings. The van der Waals surface area contributed by atoms with Gasteiger partial charge >= 0.3 is 0 Å². The molecule has 1 aliphatic rings. The van der Waals surface area contributed by atoms with Gasteiger partial charge in [0.2, 0.25) is 5.89 Å². The molecule has 8 heteroatoms. The van der Waals surface area contributed by atoms with E-state index in [9.17, 15) is 0 Å². The van der Waals surface area contributed by atoms with E-state index in [2.05, 4.69) is 38.7 Å². The van der Waals surface area contributed by atoms with Crippen molar-refractivity contribution in [1.29, 1.82) is 0 Å². The molecule has 3 aromatic rings. The highest BCUT2D eigenvalue weighted by Crippen LogP contribution is 2.20. The molecule has 30 heavy (non-hydrogen) atoms. The van der Waals surface area contributed by atoms with E-state index in [-0.39, 0.29) is 0 Å². The lowest BCUT2D eigenvalue weighted by Gasteiger charge is -2.34. The fraction of sp³-hybridized carbons (Fsp3) is 0.409. The van der Waals surface area contributed by atoms with Crippen molar-refractivity contribution in [3.8, 4) is 11.5 Å². The molecule has 2 N–H and O–H groups in total. The Morgan fingerprint density at radius 1 is 1.30 bits per heavy atom. The lowest BCUT2D eigenvalue weighted by Crippen LogP contribution is -2.51. The van der Waals surface area contributed by atoms with Crippen LogP contribution in [0.2, 0.25) is 0 Å². The average molecular weight is 408 g/mol. The zero-order chi connectivity index (χ0) is 20.8. The van der Waals surface area contributed by atoms with Crippen LogP contribution in [0.4, 0.5) is 5.69 Å². The molecule has 1 atom stereocenters. The van der Waals surface area contributed by atoms with E-state index >= 15 is 0 Å². The van der Waals surface area contributed by atoms with Gasteiger partial charge in [0.1, 0.15) is 12.0 Å². The Balaban J connectivity index is 1.38. The molecular weight excluding hydrogens is 378 g/mol. The molecule has 1 unspecified atom stereocenters. The molecule has 1 aliphatic heterocycles. The fourth-order valence-electron chi connectivity index (χ4n) is 3.67. The van der Waals surface area contributed by atoms with Gasteiger partial charge in [-0.2, -0.15) is 5.10 Å². The van der Waals surface area contributed by atoms with Crippen molar-refractivity contribution < 1.29 is 4.42 Å². The lowest BCUT2D eigenvalue weighted by atomic mass is 10.1. The van der Waals surface area contributed by atoms with Crippen LogP contribution >= 0.6 is 0 Å². The number of nitrogens with one attached hydrogen (secondary N) is 2. The van der Waals surface area contributed by atoms with Crippen molar-refractivity contribution in [3.63, 3.8) is 0 Å². The fourth-order valence-corrected chi connectivity index (χ4v) is 3.67. The Hall–Kier alpha value is -3.29. The number of piperidine rings is 1. The summed E-state index contributed by atoms with van der Waals surface area (Å²) in [4.78, 5) is 11.7. The van der Waals surface area contributed by atoms with Crippen LogP contribution in [0, 0.1) is 0 Å². The summed E-state index contributed by atoms with van der Waals surface area (Å²) in [5, 5.41) is 11.2. The second kappa shape index (κ2) is 9.47. The second-order valence-electron chi connectivity index (χ2n) is 7.51. The first-order valence-corrected chi connectivity index (χ1v) is 10.5. The Bertz CT molecular complexity index is 963. The molecular formula is C22H29N7O. The van der Waals surface area contributed by atoms with Crippen molar-refractivity contribution in [2.75, 3.05) is 24.5 Å². The van der Waals surface area contributed by atoms with Crippen molar-refractivity contribution in [3.05, 3.63) is 54.7 Å². The summed E-state index contributed by atoms with van der Waals surface area (Å²) < 4.78 is 7.47. The summed E-state index contributed by atoms with van der Waals surface area (Å²) in [6, 6.07) is 10.2. The molecule has 0 spiro atoms. The maximum atomic E-state index is 5.62. The van der Waals surface area contributed by atoms with Gasteiger partial charge in [-0.25, -0.2) is 9.98 Å². The van der Waals surface area contributed by atoms with Crippen molar-refractivity contribution in [2.45, 2.75) is 32.4 Å². The van der Waals surface area contributed by atoms with Crippen molar-refractivity contribution >= 4 is 11.6 Å². The molecule has 3 heterocycles. The van der Waals surface area contributed by atoms with Crippen LogP contribution in [-0.2, 0) is 13.6 Å². The van der Waals surface area contributed by atoms with E-state index in [1.165, 1.54) is 5.69 Å². The van der Waals surface area contributed by atoms with Gasteiger partial charge in [0.25, 0.3) is 0 Å². The zero-order valence-electron chi connectivity index (χ0n) is 17.6. The first-order chi connectivity index (χ1) is 14.7. The summed E-state index contributed by atoms with van der Waals surface area (Å²) in [5.41, 5.74) is 2.95. The molecule has 158 valence electrons. The van der Waals surface area contributed by atoms with Crippen LogP contribution in [-0.4, -0.2) is 46.4 Å². The Morgan fingerprint density at radius 3 is 2.93 bits per heavy atom. The number of aromatic nitrogens is 3. The predicted molar refractivity (Wildman–Crippen MR) is 118 cm³/mol. The summed E-state index contributed by atoms with van der Waals surface area (Å²) in [6.45, 7) is 5.32. The van der Waals surface area contributed by atoms with E-state index in [0.717, 1.165) is 49.7 Å². The summed E-state index contributed by atoms with van der Waals surface area (Å²) >= 11 is 0. The van der Waals surface area contributed by atoms with E-state index in [1.54, 1.807) is 6.26 Å². The first kappa shape index (κ1) is 20.0. The topological polar surface area (TPSA) is 83.5 Å². The van der Waals surface area contributed by atoms with Crippen LogP contribution in [0.5, 0.6) is 0 Å². The minimum absolute atomic E-state index is 0.328. The molecule has 1 aromatic carbocycles. The molecule has 4 rings (SSSR count). The first-order valence-electron chi connectivity index (χ1n) is 10.5. The molecule has 0 saturated carbocycles. The Morgan fingerprint density at radius 2 is 2.17 bits per heavy atom. The van der Waals surface area contributed by atoms with Crippen LogP contribution in [0.15, 0.2) is 58.4 Å². The number of aliphatic imine (C=N–C) groups is 1. The van der Waals surface area contributed by atoms with Crippen molar-refractivity contribution in [2.24, 2.45) is 12.0 Å². The van der Waals surface area contributed by atoms with Gasteiger partial charge in [0.15, 0.2) is 5.96 Å². The standard InChI is InChI=1S/C22H29N7O/c1-3-23-22(24-12-19-16-30-21(26-19)17-8-5-4-6-9-17)27-18-10-7-11-29(14-18)20-13-25-28(2)15-20/h4-6,8-9,13,15-16,18H,3,7,10-12,14H2,1-2H3,(H2,23,24,27). The number of benzene rings is 1. The number of rotatable bonds is 6. The second-order valence-corrected chi connectivity index (χ2v) is 7.51. The number of anilines is 1. The van der Waals surface area contributed by atoms with Crippen LogP contribution < -0.4 is 15.5 Å². The number of hydrogen-bond donors (Lipinski definition) is 2. The zero-order valence-corrected chi connectivity index (χ0v) is 17.6. The minimum atomic E-state index is 0.328. The normalized spacial score (nSPS) is 17.2. The highest BCUT2D eigenvalue weighted by atomic mass is 16.3. The smallest absolute Gasteiger partial charge is 0.226 e. The van der Waals surface area contributed by atoms with Gasteiger partial charge in [-0.15, -0.1) is 0 Å². The number of hydrogen-bond acceptors (Lipinski definition) is 5. The van der Waals surface area contributed by atoms with Crippen LogP contribution in [0.3, 0.4) is 0 Å². The monoisotopic (exact) mass is 407 g/mol. The minimum Gasteiger partial charge on any atom is -0.444 e. The summed E-state index contributed by atoms with van der Waals surface area (Å²) in [6.07, 6.45) is 7.92. The number of oxazole rings is 1. The van der Waals surface area contributed by atoms with E-state index in [0.29, 0.717) is 18.5 Å². The van der Waals surface area contributed by atoms with Gasteiger partial charge in [-0.05, 0) is 31.9 Å². The van der Waals surface area contributed by atoms with Gasteiger partial charge in [-0.1, -0.05) is 18.2 Å². The number of nitrogens with zero attached hydrogens (tertiary/aromatic N) is 5. The highest BCUT2D eigenvalue weighted by molar-refractivity contribution is 5.80. The highest BCUT2D eigenvalue weighted by Gasteiger charge is 2.21. The average Bonchev–Trinajstić information content (AvgIpc) is 3.42. The Labute approximate surface area is 177 Å². The number of guanidine groups is 1. The van der Waals surface area contributed by atoms with E-state index in [1.807, 2.05) is 48.3 Å². The maximum absolute atomic E-state index is 5.62. The van der Waals surface area contributed by atoms with Gasteiger partial charge in [0.05, 0.1) is 18.4 Å². The third-order valence-electron chi connectivity index (χ3n) is 5.13. The predicted octanol–water partition coefficient (Wildman–Crippen LogP) is 2.80. The van der Waals surface area contributed by atoms with Crippen LogP contribution in [0.1, 0.15) is 25.5 Å². The Kier molecular flexibility index (Phi) is 6.32. The molecule has 0 bridgehead atoms. The maximum Gasteiger partial charge on any atom is 0.226 e. The van der Waals surface area contributed by atoms with Gasteiger partial charge in [-0.3, -0.25) is 4.68 Å². The molecule has 2 aromatic heterocycles. The molecule has 8 nitrogen and oxygen atoms in total. The largest absolute Gasteiger partial charge is 0.444 e. The van der Waals surface area contributed by atoms with E-state index < -0.39 is 0 Å². The van der Waals surface area contributed by atoms with Gasteiger partial charge < -0.3 is 20.0 Å². The summed E-state index contributed by atoms with van der Waals surface area (Å²) in [7, 11) is 1.95. The van der Waals surface area contributed by atoms with Crippen LogP contribution in [0.25, 0.3) is 11.5 Å². The molecule has 0 radical (unpaired) electrons. The lowest BCUT2D eigenvalue weighted by molar-refractivity contribution is 0.468. The summed E-state index contributed by atoms with van der Waals surface area (Å²) in [5.74, 6) is 1.43. The third kappa shape index (κ3) is 5.00. The van der Waals surface area contributed by atoms with Gasteiger partial charge in [0, 0.05) is 44.5 Å². The molecule has 0 amide bonds. The van der Waals surface area contributed by atoms with Crippen molar-refractivity contribution in [1.82, 2.24) is 25.4 Å². The SMILES string of the molecule is CCNC(=NCc1coc(-c2ccccc2)n1)NC1CCCN(c2cnn(C)c2)C1.